The van der Waals surface area contributed by atoms with Crippen molar-refractivity contribution in [1.29, 1.82) is 0 Å². The lowest BCUT2D eigenvalue weighted by atomic mass is 10.1. The third-order valence-electron chi connectivity index (χ3n) is 4.06. The zero-order chi connectivity index (χ0) is 18.4. The smallest absolute Gasteiger partial charge is 0.225 e. The Bertz CT molecular complexity index is 845. The van der Waals surface area contributed by atoms with Crippen LogP contribution in [0, 0.1) is 13.8 Å². The number of aromatic nitrogens is 2. The second kappa shape index (κ2) is 8.34. The predicted molar refractivity (Wildman–Crippen MR) is 106 cm³/mol. The Morgan fingerprint density at radius 3 is 2.08 bits per heavy atom. The summed E-state index contributed by atoms with van der Waals surface area (Å²) in [6.07, 6.45) is 0. The van der Waals surface area contributed by atoms with Crippen LogP contribution in [0.4, 0.5) is 11.8 Å². The summed E-state index contributed by atoms with van der Waals surface area (Å²) in [6.45, 7) is 5.44. The van der Waals surface area contributed by atoms with Gasteiger partial charge in [0.25, 0.3) is 0 Å². The molecule has 26 heavy (non-hydrogen) atoms. The van der Waals surface area contributed by atoms with Crippen molar-refractivity contribution in [3.63, 3.8) is 0 Å². The summed E-state index contributed by atoms with van der Waals surface area (Å²) in [6, 6.07) is 18.4. The van der Waals surface area contributed by atoms with Gasteiger partial charge in [0.1, 0.15) is 11.6 Å². The minimum atomic E-state index is 0.628. The Morgan fingerprint density at radius 2 is 1.42 bits per heavy atom. The molecule has 0 radical (unpaired) electrons. The molecule has 5 nitrogen and oxygen atoms in total. The quantitative estimate of drug-likeness (QED) is 0.666. The summed E-state index contributed by atoms with van der Waals surface area (Å²) >= 11 is 0. The highest BCUT2D eigenvalue weighted by Crippen LogP contribution is 2.15. The number of rotatable bonds is 7. The number of benzene rings is 2. The van der Waals surface area contributed by atoms with Gasteiger partial charge in [0, 0.05) is 24.8 Å². The number of aryl methyl sites for hydroxylation is 2. The monoisotopic (exact) mass is 348 g/mol. The van der Waals surface area contributed by atoms with Gasteiger partial charge in [-0.25, -0.2) is 4.98 Å². The van der Waals surface area contributed by atoms with Gasteiger partial charge < -0.3 is 15.4 Å². The Labute approximate surface area is 154 Å². The summed E-state index contributed by atoms with van der Waals surface area (Å²) in [5.74, 6) is 2.29. The van der Waals surface area contributed by atoms with Crippen molar-refractivity contribution < 1.29 is 4.74 Å². The van der Waals surface area contributed by atoms with Crippen LogP contribution in [-0.4, -0.2) is 17.1 Å². The average Bonchev–Trinajstić information content (AvgIpc) is 2.66. The fourth-order valence-electron chi connectivity index (χ4n) is 2.56. The lowest BCUT2D eigenvalue weighted by Gasteiger charge is -2.10. The van der Waals surface area contributed by atoms with Crippen molar-refractivity contribution in [2.75, 3.05) is 17.7 Å². The molecule has 0 spiro atoms. The SMILES string of the molecule is COc1ccc(CNc2cc(C)nc(NCc3ccc(C)cc3)n2)cc1. The molecule has 2 aromatic carbocycles. The van der Waals surface area contributed by atoms with E-state index in [0.29, 0.717) is 19.0 Å². The summed E-state index contributed by atoms with van der Waals surface area (Å²) in [7, 11) is 1.67. The van der Waals surface area contributed by atoms with Crippen LogP contribution in [0.2, 0.25) is 0 Å². The molecule has 5 heteroatoms. The van der Waals surface area contributed by atoms with Crippen LogP contribution < -0.4 is 15.4 Å². The molecule has 0 aliphatic rings. The number of nitrogens with zero attached hydrogens (tertiary/aromatic N) is 2. The summed E-state index contributed by atoms with van der Waals surface area (Å²) < 4.78 is 5.18. The van der Waals surface area contributed by atoms with E-state index in [4.69, 9.17) is 4.74 Å². The number of hydrogen-bond donors (Lipinski definition) is 2. The predicted octanol–water partition coefficient (Wildman–Crippen LogP) is 4.33. The third-order valence-corrected chi connectivity index (χ3v) is 4.06. The van der Waals surface area contributed by atoms with Gasteiger partial charge in [0.2, 0.25) is 5.95 Å². The Hall–Kier alpha value is -3.08. The topological polar surface area (TPSA) is 59.1 Å². The van der Waals surface area contributed by atoms with Crippen LogP contribution in [0.1, 0.15) is 22.4 Å². The first kappa shape index (κ1) is 17.7. The van der Waals surface area contributed by atoms with E-state index in [0.717, 1.165) is 22.8 Å². The van der Waals surface area contributed by atoms with Crippen LogP contribution in [-0.2, 0) is 13.1 Å². The van der Waals surface area contributed by atoms with Crippen molar-refractivity contribution in [2.45, 2.75) is 26.9 Å². The number of nitrogens with one attached hydrogen (secondary N) is 2. The van der Waals surface area contributed by atoms with Crippen molar-refractivity contribution in [3.8, 4) is 5.75 Å². The number of anilines is 2. The van der Waals surface area contributed by atoms with Crippen LogP contribution in [0.15, 0.2) is 54.6 Å². The molecular formula is C21H24N4O. The fourth-order valence-corrected chi connectivity index (χ4v) is 2.56. The first-order valence-electron chi connectivity index (χ1n) is 8.64. The Balaban J connectivity index is 1.61. The van der Waals surface area contributed by atoms with Gasteiger partial charge in [0.15, 0.2) is 0 Å². The van der Waals surface area contributed by atoms with Gasteiger partial charge in [0.05, 0.1) is 7.11 Å². The lowest BCUT2D eigenvalue weighted by molar-refractivity contribution is 0.414. The van der Waals surface area contributed by atoms with Gasteiger partial charge in [-0.3, -0.25) is 0 Å². The molecule has 2 N–H and O–H groups in total. The molecule has 0 aliphatic carbocycles. The van der Waals surface area contributed by atoms with E-state index in [2.05, 4.69) is 51.8 Å². The van der Waals surface area contributed by atoms with E-state index in [9.17, 15) is 0 Å². The molecule has 3 aromatic rings. The van der Waals surface area contributed by atoms with Crippen molar-refractivity contribution in [3.05, 3.63) is 77.0 Å². The van der Waals surface area contributed by atoms with Gasteiger partial charge >= 0.3 is 0 Å². The number of methoxy groups -OCH3 is 1. The Morgan fingerprint density at radius 1 is 0.808 bits per heavy atom. The standard InChI is InChI=1S/C21H24N4O/c1-15-4-6-17(7-5-15)14-23-21-24-16(2)12-20(25-21)22-13-18-8-10-19(26-3)11-9-18/h4-12H,13-14H2,1-3H3,(H2,22,23,24,25). The molecule has 1 heterocycles. The van der Waals surface area contributed by atoms with E-state index >= 15 is 0 Å². The van der Waals surface area contributed by atoms with Gasteiger partial charge in [-0.1, -0.05) is 42.0 Å². The van der Waals surface area contributed by atoms with Crippen LogP contribution in [0.3, 0.4) is 0 Å². The molecule has 1 aromatic heterocycles. The first-order valence-corrected chi connectivity index (χ1v) is 8.64. The summed E-state index contributed by atoms with van der Waals surface area (Å²) in [5, 5.41) is 6.65. The van der Waals surface area contributed by atoms with Crippen LogP contribution >= 0.6 is 0 Å². The second-order valence-electron chi connectivity index (χ2n) is 6.26. The third kappa shape index (κ3) is 4.96. The van der Waals surface area contributed by atoms with Crippen LogP contribution in [0.5, 0.6) is 5.75 Å². The normalized spacial score (nSPS) is 10.4. The minimum absolute atomic E-state index is 0.628. The lowest BCUT2D eigenvalue weighted by Crippen LogP contribution is -2.08. The maximum atomic E-state index is 5.18. The fraction of sp³-hybridized carbons (Fsp3) is 0.238. The largest absolute Gasteiger partial charge is 0.497 e. The van der Waals surface area contributed by atoms with Crippen LogP contribution in [0.25, 0.3) is 0 Å². The average molecular weight is 348 g/mol. The molecule has 0 fully saturated rings. The number of hydrogen-bond acceptors (Lipinski definition) is 5. The van der Waals surface area contributed by atoms with E-state index in [-0.39, 0.29) is 0 Å². The highest BCUT2D eigenvalue weighted by Gasteiger charge is 2.03. The molecule has 0 unspecified atom stereocenters. The molecule has 134 valence electrons. The second-order valence-corrected chi connectivity index (χ2v) is 6.26. The van der Waals surface area contributed by atoms with Gasteiger partial charge in [-0.15, -0.1) is 0 Å². The first-order chi connectivity index (χ1) is 12.6. The highest BCUT2D eigenvalue weighted by atomic mass is 16.5. The van der Waals surface area contributed by atoms with Crippen molar-refractivity contribution in [1.82, 2.24) is 9.97 Å². The molecule has 0 amide bonds. The summed E-state index contributed by atoms with van der Waals surface area (Å²) in [4.78, 5) is 9.02. The maximum absolute atomic E-state index is 5.18. The zero-order valence-corrected chi connectivity index (χ0v) is 15.4. The van der Waals surface area contributed by atoms with E-state index in [1.54, 1.807) is 7.11 Å². The maximum Gasteiger partial charge on any atom is 0.225 e. The van der Waals surface area contributed by atoms with E-state index < -0.39 is 0 Å². The summed E-state index contributed by atoms with van der Waals surface area (Å²) in [5.41, 5.74) is 4.54. The van der Waals surface area contributed by atoms with E-state index in [1.165, 1.54) is 11.1 Å². The molecule has 0 bridgehead atoms. The number of ether oxygens (including phenoxy) is 1. The van der Waals surface area contributed by atoms with Crippen molar-refractivity contribution >= 4 is 11.8 Å². The molecule has 0 saturated carbocycles. The Kier molecular flexibility index (Phi) is 5.69. The molecule has 0 aliphatic heterocycles. The molecular weight excluding hydrogens is 324 g/mol. The van der Waals surface area contributed by atoms with Gasteiger partial charge in [-0.05, 0) is 37.1 Å². The van der Waals surface area contributed by atoms with Gasteiger partial charge in [-0.2, -0.15) is 4.98 Å². The minimum Gasteiger partial charge on any atom is -0.497 e. The highest BCUT2D eigenvalue weighted by molar-refractivity contribution is 5.43. The molecule has 0 saturated heterocycles. The zero-order valence-electron chi connectivity index (χ0n) is 15.4. The van der Waals surface area contributed by atoms with E-state index in [1.807, 2.05) is 37.3 Å². The molecule has 3 rings (SSSR count). The molecule has 0 atom stereocenters. The van der Waals surface area contributed by atoms with Crippen molar-refractivity contribution in [2.24, 2.45) is 0 Å².